The second-order valence-corrected chi connectivity index (χ2v) is 6.80. The fourth-order valence-electron chi connectivity index (χ4n) is 3.72. The second kappa shape index (κ2) is 7.12. The second-order valence-electron chi connectivity index (χ2n) is 6.80. The molecule has 0 saturated heterocycles. The molecule has 8 nitrogen and oxygen atoms in total. The van der Waals surface area contributed by atoms with Crippen molar-refractivity contribution >= 4 is 22.3 Å². The summed E-state index contributed by atoms with van der Waals surface area (Å²) in [6.07, 6.45) is 1.84. The summed E-state index contributed by atoms with van der Waals surface area (Å²) in [5.74, 6) is -0.611. The van der Waals surface area contributed by atoms with Gasteiger partial charge in [0.15, 0.2) is 5.76 Å². The molecule has 1 aliphatic rings. The third-order valence-corrected chi connectivity index (χ3v) is 5.12. The minimum Gasteiger partial charge on any atom is -0.439 e. The first kappa shape index (κ1) is 18.8. The summed E-state index contributed by atoms with van der Waals surface area (Å²) in [5.41, 5.74) is 8.45. The number of fused-ring (bicyclic) bond motifs is 1. The maximum atomic E-state index is 11.0. The zero-order valence-electron chi connectivity index (χ0n) is 15.9. The van der Waals surface area contributed by atoms with Gasteiger partial charge < -0.3 is 15.0 Å². The zero-order chi connectivity index (χ0) is 21.4. The number of non-ortho nitro benzene ring substituents is 1. The van der Waals surface area contributed by atoms with Gasteiger partial charge in [-0.15, -0.1) is 0 Å². The van der Waals surface area contributed by atoms with Gasteiger partial charge in [-0.25, -0.2) is 0 Å². The van der Waals surface area contributed by atoms with Gasteiger partial charge in [0.05, 0.1) is 22.5 Å². The average molecular weight is 397 g/mol. The number of hydrogen-bond acceptors (Lipinski definition) is 6. The maximum Gasteiger partial charge on any atom is 0.269 e. The number of nitro groups is 1. The molecule has 1 aromatic heterocycles. The molecule has 2 N–H and O–H groups in total. The fourth-order valence-corrected chi connectivity index (χ4v) is 3.72. The number of aromatic nitrogens is 1. The quantitative estimate of drug-likeness (QED) is 0.528. The number of nitro benzene ring substituents is 1. The van der Waals surface area contributed by atoms with E-state index in [1.54, 1.807) is 0 Å². The van der Waals surface area contributed by atoms with Crippen LogP contribution in [0.25, 0.3) is 16.7 Å². The lowest BCUT2D eigenvalue weighted by Crippen LogP contribution is -2.20. The number of ether oxygens (including phenoxy) is 1. The van der Waals surface area contributed by atoms with Gasteiger partial charge in [0.25, 0.3) is 5.69 Å². The first-order valence-corrected chi connectivity index (χ1v) is 8.97. The molecule has 3 aromatic rings. The Morgan fingerprint density at radius 2 is 1.77 bits per heavy atom. The van der Waals surface area contributed by atoms with E-state index in [1.807, 2.05) is 48.1 Å². The Morgan fingerprint density at radius 1 is 1.10 bits per heavy atom. The summed E-state index contributed by atoms with van der Waals surface area (Å²) in [6.45, 7) is 0. The van der Waals surface area contributed by atoms with Crippen LogP contribution in [0.3, 0.4) is 0 Å². The number of aryl methyl sites for hydroxylation is 1. The van der Waals surface area contributed by atoms with Crippen molar-refractivity contribution in [3.8, 4) is 12.1 Å². The Balaban J connectivity index is 1.96. The number of hydrogen-bond donors (Lipinski definition) is 1. The summed E-state index contributed by atoms with van der Waals surface area (Å²) in [7, 11) is 1.88. The molecule has 0 fully saturated rings. The predicted molar refractivity (Wildman–Crippen MR) is 109 cm³/mol. The number of allylic oxidation sites excluding steroid dienone is 2. The molecule has 8 heteroatoms. The Bertz CT molecular complexity index is 1330. The molecule has 0 aliphatic carbocycles. The van der Waals surface area contributed by atoms with Crippen LogP contribution in [0.4, 0.5) is 5.69 Å². The smallest absolute Gasteiger partial charge is 0.269 e. The van der Waals surface area contributed by atoms with E-state index < -0.39 is 10.8 Å². The lowest BCUT2D eigenvalue weighted by atomic mass is 9.82. The van der Waals surface area contributed by atoms with Gasteiger partial charge >= 0.3 is 0 Å². The predicted octanol–water partition coefficient (Wildman–Crippen LogP) is 3.83. The lowest BCUT2D eigenvalue weighted by Gasteiger charge is -2.25. The van der Waals surface area contributed by atoms with Crippen LogP contribution in [0.15, 0.2) is 71.8 Å². The first-order chi connectivity index (χ1) is 14.5. The number of nitriles is 2. The van der Waals surface area contributed by atoms with Gasteiger partial charge in [0.2, 0.25) is 5.88 Å². The van der Waals surface area contributed by atoms with E-state index in [0.29, 0.717) is 11.1 Å². The van der Waals surface area contributed by atoms with Crippen LogP contribution in [0.5, 0.6) is 0 Å². The van der Waals surface area contributed by atoms with Gasteiger partial charge in [-0.3, -0.25) is 10.1 Å². The molecule has 4 rings (SSSR count). The largest absolute Gasteiger partial charge is 0.439 e. The monoisotopic (exact) mass is 397 g/mol. The van der Waals surface area contributed by atoms with Crippen LogP contribution in [0, 0.1) is 32.8 Å². The van der Waals surface area contributed by atoms with E-state index in [2.05, 4.69) is 6.07 Å². The summed E-state index contributed by atoms with van der Waals surface area (Å²) in [4.78, 5) is 10.5. The molecule has 0 radical (unpaired) electrons. The van der Waals surface area contributed by atoms with Crippen molar-refractivity contribution in [1.82, 2.24) is 4.57 Å². The molecule has 0 amide bonds. The van der Waals surface area contributed by atoms with Crippen LogP contribution in [0.1, 0.15) is 17.0 Å². The maximum absolute atomic E-state index is 11.0. The average Bonchev–Trinajstić information content (AvgIpc) is 3.09. The molecule has 0 bridgehead atoms. The van der Waals surface area contributed by atoms with Crippen molar-refractivity contribution in [3.63, 3.8) is 0 Å². The summed E-state index contributed by atoms with van der Waals surface area (Å²) < 4.78 is 7.70. The number of benzene rings is 2. The Labute approximate surface area is 171 Å². The topological polar surface area (TPSA) is 131 Å². The van der Waals surface area contributed by atoms with Crippen LogP contribution in [-0.4, -0.2) is 9.49 Å². The molecule has 0 saturated carbocycles. The molecule has 146 valence electrons. The molecule has 30 heavy (non-hydrogen) atoms. The van der Waals surface area contributed by atoms with Crippen molar-refractivity contribution < 1.29 is 9.66 Å². The highest BCUT2D eigenvalue weighted by molar-refractivity contribution is 5.94. The number of nitrogens with two attached hydrogens (primary N) is 1. The number of rotatable bonds is 3. The SMILES string of the molecule is Cn1cc(C2=C(C#N)C(c3ccc([N+](=O)[O-])cc3)C(C#N)=C(N)O2)c2ccccc21. The van der Waals surface area contributed by atoms with E-state index in [4.69, 9.17) is 10.5 Å². The van der Waals surface area contributed by atoms with Crippen LogP contribution in [0.2, 0.25) is 0 Å². The van der Waals surface area contributed by atoms with Gasteiger partial charge in [-0.1, -0.05) is 30.3 Å². The van der Waals surface area contributed by atoms with E-state index in [1.165, 1.54) is 24.3 Å². The normalized spacial score (nSPS) is 16.2. The van der Waals surface area contributed by atoms with Gasteiger partial charge in [0, 0.05) is 41.8 Å². The molecular formula is C22H15N5O3. The van der Waals surface area contributed by atoms with Gasteiger partial charge in [0.1, 0.15) is 11.6 Å². The van der Waals surface area contributed by atoms with Gasteiger partial charge in [-0.05, 0) is 11.6 Å². The van der Waals surface area contributed by atoms with Crippen molar-refractivity contribution in [2.75, 3.05) is 0 Å². The summed E-state index contributed by atoms with van der Waals surface area (Å²) in [6, 6.07) is 17.6. The van der Waals surface area contributed by atoms with Crippen molar-refractivity contribution in [3.05, 3.63) is 93.0 Å². The highest BCUT2D eigenvalue weighted by Crippen LogP contribution is 2.43. The first-order valence-electron chi connectivity index (χ1n) is 8.97. The highest BCUT2D eigenvalue weighted by atomic mass is 16.6. The van der Waals surface area contributed by atoms with Crippen molar-refractivity contribution in [2.24, 2.45) is 12.8 Å². The highest BCUT2D eigenvalue weighted by Gasteiger charge is 2.35. The van der Waals surface area contributed by atoms with Crippen LogP contribution in [-0.2, 0) is 11.8 Å². The van der Waals surface area contributed by atoms with Gasteiger partial charge in [-0.2, -0.15) is 10.5 Å². The van der Waals surface area contributed by atoms with Crippen LogP contribution >= 0.6 is 0 Å². The molecule has 0 spiro atoms. The lowest BCUT2D eigenvalue weighted by molar-refractivity contribution is -0.384. The van der Waals surface area contributed by atoms with E-state index >= 15 is 0 Å². The van der Waals surface area contributed by atoms with Crippen LogP contribution < -0.4 is 5.73 Å². The molecule has 2 aromatic carbocycles. The Morgan fingerprint density at radius 3 is 2.40 bits per heavy atom. The Hall–Kier alpha value is -4.56. The number of nitrogens with zero attached hydrogens (tertiary/aromatic N) is 4. The molecule has 2 heterocycles. The minimum absolute atomic E-state index is 0.0852. The zero-order valence-corrected chi connectivity index (χ0v) is 15.9. The minimum atomic E-state index is -0.788. The van der Waals surface area contributed by atoms with Crippen molar-refractivity contribution in [2.45, 2.75) is 5.92 Å². The summed E-state index contributed by atoms with van der Waals surface area (Å²) in [5, 5.41) is 31.5. The molecule has 1 aliphatic heterocycles. The van der Waals surface area contributed by atoms with E-state index in [-0.39, 0.29) is 28.5 Å². The van der Waals surface area contributed by atoms with E-state index in [9.17, 15) is 20.6 Å². The standard InChI is InChI=1S/C22H15N5O3/c1-26-12-18(15-4-2-3-5-19(15)26)21-16(10-23)20(17(11-24)22(25)30-21)13-6-8-14(9-7-13)27(28)29/h2-9,12,20H,25H2,1H3. The summed E-state index contributed by atoms with van der Waals surface area (Å²) >= 11 is 0. The van der Waals surface area contributed by atoms with Crippen molar-refractivity contribution in [1.29, 1.82) is 10.5 Å². The third kappa shape index (κ3) is 2.84. The number of para-hydroxylation sites is 1. The fraction of sp³-hybridized carbons (Fsp3) is 0.0909. The third-order valence-electron chi connectivity index (χ3n) is 5.12. The molecular weight excluding hydrogens is 382 g/mol. The Kier molecular flexibility index (Phi) is 4.46. The molecule has 1 atom stereocenters. The van der Waals surface area contributed by atoms with E-state index in [0.717, 1.165) is 10.9 Å². The molecule has 1 unspecified atom stereocenters.